The van der Waals surface area contributed by atoms with E-state index >= 15 is 0 Å². The molecule has 2 unspecified atom stereocenters. The van der Waals surface area contributed by atoms with Crippen molar-refractivity contribution < 1.29 is 43.8 Å². The fourth-order valence-corrected chi connectivity index (χ4v) is 7.31. The summed E-state index contributed by atoms with van der Waals surface area (Å²) in [6, 6.07) is -0.468. The first kappa shape index (κ1) is 37.3. The third-order valence-corrected chi connectivity index (χ3v) is 9.96. The van der Waals surface area contributed by atoms with Crippen LogP contribution in [-0.2, 0) is 28.5 Å². The normalized spacial score (nSPS) is 47.8. The van der Waals surface area contributed by atoms with Crippen LogP contribution in [0.3, 0.4) is 0 Å². The molecule has 0 aromatic rings. The van der Waals surface area contributed by atoms with Crippen LogP contribution in [-0.4, -0.2) is 126 Å². The van der Waals surface area contributed by atoms with E-state index in [4.69, 9.17) is 23.7 Å². The maximum Gasteiger partial charge on any atom is 0.311 e. The third kappa shape index (κ3) is 8.60. The molecule has 0 aromatic heterocycles. The van der Waals surface area contributed by atoms with Gasteiger partial charge in [-0.2, -0.15) is 0 Å². The third-order valence-electron chi connectivity index (χ3n) is 9.96. The number of esters is 1. The Morgan fingerprint density at radius 2 is 1.73 bits per heavy atom. The molecular formula is C33H60N2O9. The summed E-state index contributed by atoms with van der Waals surface area (Å²) in [5.74, 6) is -2.13. The Labute approximate surface area is 264 Å². The first-order chi connectivity index (χ1) is 20.5. The number of likely N-dealkylation sites (N-methyl/N-ethyl adjacent to an activating group) is 1. The zero-order valence-electron chi connectivity index (χ0n) is 28.6. The second-order valence-corrected chi connectivity index (χ2v) is 14.2. The van der Waals surface area contributed by atoms with Crippen molar-refractivity contribution in [2.24, 2.45) is 17.8 Å². The van der Waals surface area contributed by atoms with Gasteiger partial charge in [-0.05, 0) is 80.4 Å². The molecule has 4 N–H and O–H groups in total. The van der Waals surface area contributed by atoms with Crippen molar-refractivity contribution in [2.75, 3.05) is 33.9 Å². The van der Waals surface area contributed by atoms with Gasteiger partial charge in [0.25, 0.3) is 0 Å². The molecule has 44 heavy (non-hydrogen) atoms. The Hall–Kier alpha value is -1.15. The van der Waals surface area contributed by atoms with E-state index in [0.29, 0.717) is 25.8 Å². The molecule has 2 saturated heterocycles. The molecule has 11 nitrogen and oxygen atoms in total. The number of nitrogens with zero attached hydrogens (tertiary/aromatic N) is 1. The van der Waals surface area contributed by atoms with Crippen LogP contribution in [0.15, 0.2) is 12.2 Å². The number of rotatable bonds is 4. The van der Waals surface area contributed by atoms with Gasteiger partial charge in [-0.15, -0.1) is 0 Å². The Bertz CT molecular complexity index is 948. The summed E-state index contributed by atoms with van der Waals surface area (Å²) in [6.45, 7) is 16.0. The maximum absolute atomic E-state index is 13.6. The average molecular weight is 629 g/mol. The van der Waals surface area contributed by atoms with E-state index in [9.17, 15) is 20.1 Å². The largest absolute Gasteiger partial charge is 0.459 e. The minimum Gasteiger partial charge on any atom is -0.459 e. The number of nitrogens with one attached hydrogen (secondary N) is 1. The molecule has 0 amide bonds. The second-order valence-electron chi connectivity index (χ2n) is 14.2. The molecule has 3 aliphatic rings. The number of cyclic esters (lactones) is 1. The van der Waals surface area contributed by atoms with Crippen LogP contribution in [0.5, 0.6) is 0 Å². The second kappa shape index (κ2) is 15.6. The van der Waals surface area contributed by atoms with Crippen LogP contribution < -0.4 is 5.32 Å². The van der Waals surface area contributed by atoms with Crippen molar-refractivity contribution in [2.45, 2.75) is 141 Å². The van der Waals surface area contributed by atoms with Gasteiger partial charge in [-0.25, -0.2) is 0 Å². The smallest absolute Gasteiger partial charge is 0.311 e. The van der Waals surface area contributed by atoms with E-state index in [-0.39, 0.29) is 37.3 Å². The highest BCUT2D eigenvalue weighted by atomic mass is 16.7. The zero-order valence-corrected chi connectivity index (χ0v) is 28.6. The van der Waals surface area contributed by atoms with E-state index < -0.39 is 65.8 Å². The van der Waals surface area contributed by atoms with Gasteiger partial charge in [-0.1, -0.05) is 32.9 Å². The van der Waals surface area contributed by atoms with Crippen molar-refractivity contribution in [3.63, 3.8) is 0 Å². The number of hydrogen-bond acceptors (Lipinski definition) is 11. The summed E-state index contributed by atoms with van der Waals surface area (Å²) in [4.78, 5) is 15.5. The van der Waals surface area contributed by atoms with E-state index in [1.807, 2.05) is 65.8 Å². The van der Waals surface area contributed by atoms with Crippen LogP contribution >= 0.6 is 0 Å². The number of aliphatic hydroxyl groups excluding tert-OH is 2. The van der Waals surface area contributed by atoms with E-state index in [1.165, 1.54) is 0 Å². The lowest BCUT2D eigenvalue weighted by atomic mass is 9.77. The molecule has 0 aromatic carbocycles. The first-order valence-electron chi connectivity index (χ1n) is 16.4. The Morgan fingerprint density at radius 3 is 2.36 bits per heavy atom. The van der Waals surface area contributed by atoms with Gasteiger partial charge in [0.2, 0.25) is 0 Å². The Morgan fingerprint density at radius 1 is 1.07 bits per heavy atom. The Balaban J connectivity index is 2.13. The van der Waals surface area contributed by atoms with Crippen molar-refractivity contribution in [1.82, 2.24) is 10.2 Å². The summed E-state index contributed by atoms with van der Waals surface area (Å²) in [7, 11) is 3.84. The highest BCUT2D eigenvalue weighted by molar-refractivity contribution is 5.73. The first-order valence-corrected chi connectivity index (χ1v) is 16.4. The van der Waals surface area contributed by atoms with Gasteiger partial charge in [0.15, 0.2) is 6.29 Å². The van der Waals surface area contributed by atoms with Crippen LogP contribution in [0.2, 0.25) is 0 Å². The SMILES string of the molecule is CC[C@H]1OC(=O)C(C)C(O)[C@H](C)[C@@H](O[C@@H]2O[C@H](C)C[C@H](N(C)C)[C@H]2O)[C@@]2(C)C[C@@H](C)CN[C@H](C)[C@@H](OC/C=C\CO2)[C@]1(C)O. The predicted molar refractivity (Wildman–Crippen MR) is 167 cm³/mol. The van der Waals surface area contributed by atoms with Gasteiger partial charge < -0.3 is 49.2 Å². The highest BCUT2D eigenvalue weighted by Crippen LogP contribution is 2.38. The summed E-state index contributed by atoms with van der Waals surface area (Å²) in [5.41, 5.74) is -2.47. The Kier molecular flexibility index (Phi) is 13.3. The maximum atomic E-state index is 13.6. The fourth-order valence-electron chi connectivity index (χ4n) is 7.31. The molecule has 3 heterocycles. The van der Waals surface area contributed by atoms with Crippen molar-refractivity contribution in [3.8, 4) is 0 Å². The molecule has 2 bridgehead atoms. The number of aliphatic hydroxyl groups is 3. The van der Waals surface area contributed by atoms with Crippen molar-refractivity contribution in [3.05, 3.63) is 12.2 Å². The number of ether oxygens (including phenoxy) is 5. The van der Waals surface area contributed by atoms with Crippen molar-refractivity contribution >= 4 is 5.97 Å². The molecule has 2 fully saturated rings. The standard InChI is InChI=1S/C33H60N2O9/c1-11-25-33(8,39)29-23(6)34-18-19(2)17-32(7,41-15-13-12-14-40-29)28(21(4)26(36)22(5)30(38)43-25)44-31-27(37)24(35(9)10)16-20(3)42-31/h12-13,19-29,31,34,36-37,39H,11,14-18H2,1-10H3/b13-12-/t19-,20-,21+,22?,23-,24+,25-,26?,27-,28-,29-,31+,32-,33-/m1/s1. The molecule has 3 rings (SSSR count). The van der Waals surface area contributed by atoms with Gasteiger partial charge in [0.1, 0.15) is 23.9 Å². The minimum absolute atomic E-state index is 0.0706. The van der Waals surface area contributed by atoms with Crippen LogP contribution in [0.25, 0.3) is 0 Å². The van der Waals surface area contributed by atoms with Gasteiger partial charge in [-0.3, -0.25) is 4.79 Å². The lowest BCUT2D eigenvalue weighted by Gasteiger charge is -2.48. The van der Waals surface area contributed by atoms with Gasteiger partial charge >= 0.3 is 5.97 Å². The van der Waals surface area contributed by atoms with E-state index in [2.05, 4.69) is 12.2 Å². The topological polar surface area (TPSA) is 139 Å². The van der Waals surface area contributed by atoms with E-state index in [1.54, 1.807) is 13.8 Å². The minimum atomic E-state index is -1.52. The highest BCUT2D eigenvalue weighted by Gasteiger charge is 2.50. The number of carbonyl (C=O) groups excluding carboxylic acids is 1. The zero-order chi connectivity index (χ0) is 33.0. The number of carbonyl (C=O) groups is 1. The van der Waals surface area contributed by atoms with Crippen LogP contribution in [0, 0.1) is 17.8 Å². The molecule has 0 radical (unpaired) electrons. The molecule has 3 aliphatic heterocycles. The fraction of sp³-hybridized carbons (Fsp3) is 0.909. The molecule has 256 valence electrons. The van der Waals surface area contributed by atoms with Crippen molar-refractivity contribution in [1.29, 1.82) is 0 Å². The number of fused-ring (bicyclic) bond motifs is 6. The lowest BCUT2D eigenvalue weighted by molar-refractivity contribution is -0.303. The van der Waals surface area contributed by atoms with Crippen LogP contribution in [0.1, 0.15) is 74.7 Å². The molecule has 14 atom stereocenters. The quantitative estimate of drug-likeness (QED) is 0.269. The van der Waals surface area contributed by atoms with Gasteiger partial charge in [0, 0.05) is 18.0 Å². The molecule has 11 heteroatoms. The van der Waals surface area contributed by atoms with Gasteiger partial charge in [0.05, 0.1) is 43.0 Å². The molecule has 0 aliphatic carbocycles. The molecule has 0 spiro atoms. The summed E-state index contributed by atoms with van der Waals surface area (Å²) < 4.78 is 31.7. The lowest BCUT2D eigenvalue weighted by Crippen LogP contribution is -2.60. The monoisotopic (exact) mass is 628 g/mol. The average Bonchev–Trinajstić information content (AvgIpc) is 2.96. The van der Waals surface area contributed by atoms with Crippen LogP contribution in [0.4, 0.5) is 0 Å². The molecule has 0 saturated carbocycles. The number of hydrogen-bond donors (Lipinski definition) is 4. The summed E-state index contributed by atoms with van der Waals surface area (Å²) in [6.07, 6.45) is -0.341. The summed E-state index contributed by atoms with van der Waals surface area (Å²) >= 11 is 0. The summed E-state index contributed by atoms with van der Waals surface area (Å²) in [5, 5.41) is 38.5. The predicted octanol–water partition coefficient (Wildman–Crippen LogP) is 2.25. The molecular weight excluding hydrogens is 568 g/mol. The van der Waals surface area contributed by atoms with E-state index in [0.717, 1.165) is 0 Å².